The predicted molar refractivity (Wildman–Crippen MR) is 252 cm³/mol. The van der Waals surface area contributed by atoms with E-state index in [9.17, 15) is 14.4 Å². The van der Waals surface area contributed by atoms with Crippen LogP contribution in [0.25, 0.3) is 0 Å². The molecule has 0 radical (unpaired) electrons. The van der Waals surface area contributed by atoms with Crippen molar-refractivity contribution in [3.63, 3.8) is 0 Å². The molecule has 0 bridgehead atoms. The largest absolute Gasteiger partial charge is 0.462 e. The molecule has 59 heavy (non-hydrogen) atoms. The van der Waals surface area contributed by atoms with Crippen LogP contribution in [0, 0.1) is 0 Å². The maximum Gasteiger partial charge on any atom is 0.306 e. The van der Waals surface area contributed by atoms with Gasteiger partial charge < -0.3 is 14.2 Å². The van der Waals surface area contributed by atoms with Gasteiger partial charge in [-0.3, -0.25) is 14.4 Å². The molecule has 0 aromatic carbocycles. The molecule has 0 rings (SSSR count). The quantitative estimate of drug-likeness (QED) is 0.0263. The Morgan fingerprint density at radius 3 is 1.03 bits per heavy atom. The number of unbranched alkanes of at least 4 members (excludes halogenated alkanes) is 29. The van der Waals surface area contributed by atoms with E-state index in [0.717, 1.165) is 83.5 Å². The lowest BCUT2D eigenvalue weighted by Gasteiger charge is -2.18. The lowest BCUT2D eigenvalue weighted by Crippen LogP contribution is -2.30. The molecule has 342 valence electrons. The summed E-state index contributed by atoms with van der Waals surface area (Å²) in [5.41, 5.74) is 0. The Morgan fingerprint density at radius 2 is 0.661 bits per heavy atom. The monoisotopic (exact) mass is 827 g/mol. The fourth-order valence-corrected chi connectivity index (χ4v) is 7.16. The van der Waals surface area contributed by atoms with Gasteiger partial charge in [-0.1, -0.05) is 243 Å². The van der Waals surface area contributed by atoms with Crippen LogP contribution in [0.3, 0.4) is 0 Å². The Labute approximate surface area is 365 Å². The van der Waals surface area contributed by atoms with E-state index in [1.54, 1.807) is 0 Å². The summed E-state index contributed by atoms with van der Waals surface area (Å²) in [6.45, 7) is 6.48. The molecule has 1 atom stereocenters. The summed E-state index contributed by atoms with van der Waals surface area (Å²) < 4.78 is 16.8. The van der Waals surface area contributed by atoms with Crippen molar-refractivity contribution in [2.45, 2.75) is 258 Å². The molecule has 0 N–H and O–H groups in total. The molecule has 1 unspecified atom stereocenters. The minimum absolute atomic E-state index is 0.0795. The smallest absolute Gasteiger partial charge is 0.306 e. The third-order valence-corrected chi connectivity index (χ3v) is 10.9. The minimum Gasteiger partial charge on any atom is -0.462 e. The number of allylic oxidation sites excluding steroid dienone is 8. The van der Waals surface area contributed by atoms with E-state index in [1.807, 2.05) is 18.2 Å². The first-order valence-electron chi connectivity index (χ1n) is 25.2. The van der Waals surface area contributed by atoms with Crippen LogP contribution in [-0.2, 0) is 28.6 Å². The van der Waals surface area contributed by atoms with Gasteiger partial charge in [0.1, 0.15) is 13.2 Å². The summed E-state index contributed by atoms with van der Waals surface area (Å²) in [6.07, 6.45) is 56.6. The van der Waals surface area contributed by atoms with E-state index >= 15 is 0 Å². The van der Waals surface area contributed by atoms with E-state index in [0.29, 0.717) is 19.3 Å². The van der Waals surface area contributed by atoms with E-state index in [2.05, 4.69) is 51.2 Å². The standard InChI is InChI=1S/C53H94O6/c1-4-7-10-13-16-19-22-24-26-28-29-31-34-37-40-43-46-52(55)58-49-50(48-57-51(54)45-42-39-36-33-21-18-15-12-9-6-3)59-53(56)47-44-41-38-35-32-30-27-25-23-20-17-14-11-8-5-2/h8,11,14,17,20,23,25,27,50H,4-7,9-10,12-13,15-16,18-19,21-22,24,26,28-49H2,1-3H3/b11-8-,17-14-,23-20-,27-25-. The highest BCUT2D eigenvalue weighted by Crippen LogP contribution is 2.16. The molecule has 0 aliphatic rings. The fourth-order valence-electron chi connectivity index (χ4n) is 7.16. The van der Waals surface area contributed by atoms with Gasteiger partial charge in [-0.2, -0.15) is 0 Å². The maximum absolute atomic E-state index is 12.8. The van der Waals surface area contributed by atoms with Crippen molar-refractivity contribution in [2.75, 3.05) is 13.2 Å². The van der Waals surface area contributed by atoms with E-state index in [-0.39, 0.29) is 31.1 Å². The lowest BCUT2D eigenvalue weighted by atomic mass is 10.0. The van der Waals surface area contributed by atoms with Crippen molar-refractivity contribution in [1.29, 1.82) is 0 Å². The van der Waals surface area contributed by atoms with Gasteiger partial charge >= 0.3 is 17.9 Å². The molecular formula is C53H94O6. The normalized spacial score (nSPS) is 12.4. The molecule has 0 fully saturated rings. The van der Waals surface area contributed by atoms with Crippen LogP contribution in [0.4, 0.5) is 0 Å². The second-order valence-electron chi connectivity index (χ2n) is 16.8. The third kappa shape index (κ3) is 46.3. The highest BCUT2D eigenvalue weighted by molar-refractivity contribution is 5.71. The second-order valence-corrected chi connectivity index (χ2v) is 16.8. The Hall–Kier alpha value is -2.63. The zero-order valence-electron chi connectivity index (χ0n) is 39.0. The first-order valence-corrected chi connectivity index (χ1v) is 25.2. The third-order valence-electron chi connectivity index (χ3n) is 10.9. The van der Waals surface area contributed by atoms with Gasteiger partial charge in [0.2, 0.25) is 0 Å². The van der Waals surface area contributed by atoms with E-state index < -0.39 is 6.10 Å². The van der Waals surface area contributed by atoms with Crippen LogP contribution in [0.15, 0.2) is 48.6 Å². The van der Waals surface area contributed by atoms with Crippen molar-refractivity contribution in [2.24, 2.45) is 0 Å². The Morgan fingerprint density at radius 1 is 0.356 bits per heavy atom. The van der Waals surface area contributed by atoms with Gasteiger partial charge in [0.25, 0.3) is 0 Å². The number of rotatable bonds is 45. The fraction of sp³-hybridized carbons (Fsp3) is 0.792. The molecule has 0 saturated carbocycles. The Kier molecular flexibility index (Phi) is 45.9. The van der Waals surface area contributed by atoms with Crippen molar-refractivity contribution >= 4 is 17.9 Å². The molecule has 0 heterocycles. The number of ether oxygens (including phenoxy) is 3. The lowest BCUT2D eigenvalue weighted by molar-refractivity contribution is -0.167. The SMILES string of the molecule is CC\C=C/C=C\C=C/C=C\CCCCCCCC(=O)OC(COC(=O)CCCCCCCCCCCC)COC(=O)CCCCCCCCCCCCCCCCCC. The van der Waals surface area contributed by atoms with Crippen molar-refractivity contribution in [3.8, 4) is 0 Å². The van der Waals surface area contributed by atoms with Gasteiger partial charge in [-0.05, 0) is 38.5 Å². The zero-order chi connectivity index (χ0) is 43.0. The number of carbonyl (C=O) groups is 3. The predicted octanol–water partition coefficient (Wildman–Crippen LogP) is 16.3. The van der Waals surface area contributed by atoms with Crippen LogP contribution in [-0.4, -0.2) is 37.2 Å². The summed E-state index contributed by atoms with van der Waals surface area (Å²) in [5, 5.41) is 0. The molecule has 0 aromatic rings. The van der Waals surface area contributed by atoms with Crippen molar-refractivity contribution in [1.82, 2.24) is 0 Å². The molecule has 0 aromatic heterocycles. The van der Waals surface area contributed by atoms with Crippen LogP contribution < -0.4 is 0 Å². The molecule has 0 aliphatic heterocycles. The van der Waals surface area contributed by atoms with Gasteiger partial charge in [-0.25, -0.2) is 0 Å². The summed E-state index contributed by atoms with van der Waals surface area (Å²) >= 11 is 0. The van der Waals surface area contributed by atoms with Crippen molar-refractivity contribution < 1.29 is 28.6 Å². The highest BCUT2D eigenvalue weighted by Gasteiger charge is 2.19. The van der Waals surface area contributed by atoms with Gasteiger partial charge in [0.05, 0.1) is 0 Å². The Bertz CT molecular complexity index is 1040. The van der Waals surface area contributed by atoms with Crippen LogP contribution in [0.5, 0.6) is 0 Å². The topological polar surface area (TPSA) is 78.9 Å². The molecule has 0 spiro atoms. The highest BCUT2D eigenvalue weighted by atomic mass is 16.6. The number of hydrogen-bond acceptors (Lipinski definition) is 6. The summed E-state index contributed by atoms with van der Waals surface area (Å²) in [5.74, 6) is -0.896. The van der Waals surface area contributed by atoms with Crippen LogP contribution >= 0.6 is 0 Å². The zero-order valence-corrected chi connectivity index (χ0v) is 39.0. The molecule has 0 aliphatic carbocycles. The minimum atomic E-state index is -0.780. The number of esters is 3. The first-order chi connectivity index (χ1) is 29.0. The van der Waals surface area contributed by atoms with E-state index in [4.69, 9.17) is 14.2 Å². The van der Waals surface area contributed by atoms with Crippen LogP contribution in [0.2, 0.25) is 0 Å². The average Bonchev–Trinajstić information content (AvgIpc) is 3.23. The van der Waals surface area contributed by atoms with Crippen LogP contribution in [0.1, 0.15) is 252 Å². The molecular weight excluding hydrogens is 733 g/mol. The Balaban J connectivity index is 4.36. The van der Waals surface area contributed by atoms with E-state index in [1.165, 1.54) is 128 Å². The number of hydrogen-bond donors (Lipinski definition) is 0. The summed E-state index contributed by atoms with van der Waals surface area (Å²) in [4.78, 5) is 37.9. The molecule has 6 nitrogen and oxygen atoms in total. The molecule has 0 amide bonds. The number of carbonyl (C=O) groups excluding carboxylic acids is 3. The summed E-state index contributed by atoms with van der Waals surface area (Å²) in [6, 6.07) is 0. The summed E-state index contributed by atoms with van der Waals surface area (Å²) in [7, 11) is 0. The van der Waals surface area contributed by atoms with Gasteiger partial charge in [0, 0.05) is 19.3 Å². The van der Waals surface area contributed by atoms with Crippen molar-refractivity contribution in [3.05, 3.63) is 48.6 Å². The van der Waals surface area contributed by atoms with Gasteiger partial charge in [0.15, 0.2) is 6.10 Å². The second kappa shape index (κ2) is 48.0. The molecule has 6 heteroatoms. The molecule has 0 saturated heterocycles. The average molecular weight is 827 g/mol. The maximum atomic E-state index is 12.8. The first kappa shape index (κ1) is 56.4. The van der Waals surface area contributed by atoms with Gasteiger partial charge in [-0.15, -0.1) is 0 Å².